The summed E-state index contributed by atoms with van der Waals surface area (Å²) >= 11 is 7.67. The third-order valence-corrected chi connectivity index (χ3v) is 7.61. The van der Waals surface area contributed by atoms with Gasteiger partial charge in [0.25, 0.3) is 5.91 Å². The molecule has 0 aliphatic heterocycles. The first kappa shape index (κ1) is 21.8. The molecule has 0 saturated heterocycles. The molecule has 156 valence electrons. The van der Waals surface area contributed by atoms with Gasteiger partial charge in [-0.25, -0.2) is 4.79 Å². The molecule has 1 N–H and O–H groups in total. The standard InChI is InChI=1S/C23H28ClNO3S/c1-5-23(3,4)14-11-12-16-18(13-14)29-21(19(16)22(27)28-6-2)25-20(26)15-9-7-8-10-17(15)24/h7-10,14H,5-6,11-13H2,1-4H3,(H,25,26). The summed E-state index contributed by atoms with van der Waals surface area (Å²) in [6.45, 7) is 8.93. The Morgan fingerprint density at radius 1 is 1.28 bits per heavy atom. The van der Waals surface area contributed by atoms with Gasteiger partial charge >= 0.3 is 5.97 Å². The fraction of sp³-hybridized carbons (Fsp3) is 0.478. The maximum absolute atomic E-state index is 12.8. The highest BCUT2D eigenvalue weighted by Crippen LogP contribution is 2.45. The maximum Gasteiger partial charge on any atom is 0.341 e. The molecule has 1 aliphatic rings. The van der Waals surface area contributed by atoms with E-state index in [4.69, 9.17) is 16.3 Å². The third-order valence-electron chi connectivity index (χ3n) is 6.11. The molecule has 1 aliphatic carbocycles. The van der Waals surface area contributed by atoms with E-state index >= 15 is 0 Å². The van der Waals surface area contributed by atoms with E-state index in [1.54, 1.807) is 31.2 Å². The van der Waals surface area contributed by atoms with E-state index in [0.29, 0.717) is 33.7 Å². The van der Waals surface area contributed by atoms with Gasteiger partial charge in [-0.05, 0) is 55.2 Å². The van der Waals surface area contributed by atoms with E-state index in [2.05, 4.69) is 26.1 Å². The van der Waals surface area contributed by atoms with Crippen LogP contribution in [0, 0.1) is 11.3 Å². The van der Waals surface area contributed by atoms with Crippen LogP contribution in [-0.4, -0.2) is 18.5 Å². The van der Waals surface area contributed by atoms with Crippen LogP contribution in [0.3, 0.4) is 0 Å². The van der Waals surface area contributed by atoms with Crippen molar-refractivity contribution in [1.82, 2.24) is 0 Å². The Morgan fingerprint density at radius 3 is 2.66 bits per heavy atom. The quantitative estimate of drug-likeness (QED) is 0.538. The average molecular weight is 434 g/mol. The van der Waals surface area contributed by atoms with Gasteiger partial charge in [0.15, 0.2) is 0 Å². The van der Waals surface area contributed by atoms with Crippen LogP contribution in [0.4, 0.5) is 5.00 Å². The van der Waals surface area contributed by atoms with Crippen molar-refractivity contribution in [2.75, 3.05) is 11.9 Å². The molecule has 1 aromatic carbocycles. The number of hydrogen-bond donors (Lipinski definition) is 1. The summed E-state index contributed by atoms with van der Waals surface area (Å²) in [5.41, 5.74) is 2.18. The minimum Gasteiger partial charge on any atom is -0.462 e. The highest BCUT2D eigenvalue weighted by molar-refractivity contribution is 7.17. The summed E-state index contributed by atoms with van der Waals surface area (Å²) in [7, 11) is 0. The zero-order valence-corrected chi connectivity index (χ0v) is 19.0. The van der Waals surface area contributed by atoms with E-state index in [0.717, 1.165) is 31.2 Å². The number of amides is 1. The summed E-state index contributed by atoms with van der Waals surface area (Å²) in [5.74, 6) is -0.126. The number of benzene rings is 1. The molecule has 2 aromatic rings. The summed E-state index contributed by atoms with van der Waals surface area (Å²) in [6.07, 6.45) is 3.90. The number of carbonyl (C=O) groups excluding carboxylic acids is 2. The molecule has 1 aromatic heterocycles. The zero-order chi connectivity index (χ0) is 21.2. The molecule has 0 spiro atoms. The van der Waals surface area contributed by atoms with Gasteiger partial charge < -0.3 is 10.1 Å². The number of hydrogen-bond acceptors (Lipinski definition) is 4. The van der Waals surface area contributed by atoms with Crippen molar-refractivity contribution in [2.45, 2.75) is 53.4 Å². The van der Waals surface area contributed by atoms with Crippen molar-refractivity contribution in [3.63, 3.8) is 0 Å². The number of rotatable bonds is 6. The number of anilines is 1. The van der Waals surface area contributed by atoms with Crippen LogP contribution >= 0.6 is 22.9 Å². The monoisotopic (exact) mass is 433 g/mol. The van der Waals surface area contributed by atoms with E-state index in [1.807, 2.05) is 0 Å². The molecule has 1 atom stereocenters. The first-order chi connectivity index (χ1) is 13.8. The van der Waals surface area contributed by atoms with E-state index in [-0.39, 0.29) is 17.3 Å². The summed E-state index contributed by atoms with van der Waals surface area (Å²) in [5, 5.41) is 3.87. The van der Waals surface area contributed by atoms with Crippen molar-refractivity contribution in [2.24, 2.45) is 11.3 Å². The van der Waals surface area contributed by atoms with Crippen LogP contribution in [0.2, 0.25) is 5.02 Å². The Hall–Kier alpha value is -1.85. The number of carbonyl (C=O) groups is 2. The molecule has 0 fully saturated rings. The van der Waals surface area contributed by atoms with Gasteiger partial charge in [0.1, 0.15) is 5.00 Å². The number of ether oxygens (including phenoxy) is 1. The Balaban J connectivity index is 1.96. The molecule has 0 bridgehead atoms. The van der Waals surface area contributed by atoms with E-state index < -0.39 is 0 Å². The third kappa shape index (κ3) is 4.51. The Labute approximate surface area is 181 Å². The largest absolute Gasteiger partial charge is 0.462 e. The van der Waals surface area contributed by atoms with Crippen LogP contribution in [0.25, 0.3) is 0 Å². The lowest BCUT2D eigenvalue weighted by Gasteiger charge is -2.36. The Kier molecular flexibility index (Phi) is 6.69. The average Bonchev–Trinajstić information content (AvgIpc) is 3.05. The van der Waals surface area contributed by atoms with Crippen LogP contribution < -0.4 is 5.32 Å². The van der Waals surface area contributed by atoms with Gasteiger partial charge in [-0.1, -0.05) is 50.9 Å². The molecule has 4 nitrogen and oxygen atoms in total. The summed E-state index contributed by atoms with van der Waals surface area (Å²) in [4.78, 5) is 26.7. The Morgan fingerprint density at radius 2 is 2.00 bits per heavy atom. The normalized spacial score (nSPS) is 16.2. The molecule has 0 saturated carbocycles. The molecular weight excluding hydrogens is 406 g/mol. The van der Waals surface area contributed by atoms with Gasteiger partial charge in [0, 0.05) is 4.88 Å². The predicted octanol–water partition coefficient (Wildman–Crippen LogP) is 6.37. The molecule has 3 rings (SSSR count). The van der Waals surface area contributed by atoms with Crippen LogP contribution in [-0.2, 0) is 17.6 Å². The lowest BCUT2D eigenvalue weighted by molar-refractivity contribution is 0.0526. The number of fused-ring (bicyclic) bond motifs is 1. The van der Waals surface area contributed by atoms with Gasteiger partial charge in [0.05, 0.1) is 22.8 Å². The van der Waals surface area contributed by atoms with E-state index in [1.165, 1.54) is 16.2 Å². The predicted molar refractivity (Wildman–Crippen MR) is 119 cm³/mol. The number of thiophene rings is 1. The van der Waals surface area contributed by atoms with Gasteiger partial charge in [-0.3, -0.25) is 4.79 Å². The Bertz CT molecular complexity index is 919. The minimum absolute atomic E-state index is 0.243. The molecule has 6 heteroatoms. The van der Waals surface area contributed by atoms with Crippen molar-refractivity contribution in [3.05, 3.63) is 50.9 Å². The first-order valence-electron chi connectivity index (χ1n) is 10.2. The van der Waals surface area contributed by atoms with Gasteiger partial charge in [-0.2, -0.15) is 0 Å². The SMILES string of the molecule is CCOC(=O)c1c(NC(=O)c2ccccc2Cl)sc2c1CCC(C(C)(C)CC)C2. The number of halogens is 1. The molecule has 29 heavy (non-hydrogen) atoms. The second-order valence-electron chi connectivity index (χ2n) is 8.14. The lowest BCUT2D eigenvalue weighted by atomic mass is 9.69. The number of nitrogens with one attached hydrogen (secondary N) is 1. The molecule has 1 unspecified atom stereocenters. The molecule has 1 heterocycles. The first-order valence-corrected chi connectivity index (χ1v) is 11.4. The smallest absolute Gasteiger partial charge is 0.341 e. The summed E-state index contributed by atoms with van der Waals surface area (Å²) < 4.78 is 5.31. The fourth-order valence-corrected chi connectivity index (χ4v) is 5.40. The van der Waals surface area contributed by atoms with Crippen LogP contribution in [0.1, 0.15) is 71.7 Å². The van der Waals surface area contributed by atoms with Crippen molar-refractivity contribution >= 4 is 39.8 Å². The molecule has 1 amide bonds. The summed E-state index contributed by atoms with van der Waals surface area (Å²) in [6, 6.07) is 6.90. The van der Waals surface area contributed by atoms with Crippen LogP contribution in [0.15, 0.2) is 24.3 Å². The van der Waals surface area contributed by atoms with E-state index in [9.17, 15) is 9.59 Å². The zero-order valence-electron chi connectivity index (χ0n) is 17.4. The van der Waals surface area contributed by atoms with Crippen molar-refractivity contribution in [3.8, 4) is 0 Å². The second-order valence-corrected chi connectivity index (χ2v) is 9.66. The van der Waals surface area contributed by atoms with Gasteiger partial charge in [-0.15, -0.1) is 11.3 Å². The highest BCUT2D eigenvalue weighted by atomic mass is 35.5. The maximum atomic E-state index is 12.8. The molecular formula is C23H28ClNO3S. The van der Waals surface area contributed by atoms with Gasteiger partial charge in [0.2, 0.25) is 0 Å². The van der Waals surface area contributed by atoms with Crippen molar-refractivity contribution in [1.29, 1.82) is 0 Å². The number of esters is 1. The topological polar surface area (TPSA) is 55.4 Å². The fourth-order valence-electron chi connectivity index (χ4n) is 3.86. The second kappa shape index (κ2) is 8.88. The van der Waals surface area contributed by atoms with Crippen LogP contribution in [0.5, 0.6) is 0 Å². The lowest BCUT2D eigenvalue weighted by Crippen LogP contribution is -2.28. The molecule has 0 radical (unpaired) electrons. The minimum atomic E-state index is -0.368. The van der Waals surface area contributed by atoms with Crippen molar-refractivity contribution < 1.29 is 14.3 Å². The highest BCUT2D eigenvalue weighted by Gasteiger charge is 2.35.